The molecule has 1 N–H and O–H groups in total. The van der Waals surface area contributed by atoms with Crippen LogP contribution in [0.4, 0.5) is 5.69 Å². The Kier molecular flexibility index (Phi) is 11.4. The Morgan fingerprint density at radius 1 is 0.925 bits per heavy atom. The molecular formula is C30H35Cl2N3O4S. The summed E-state index contributed by atoms with van der Waals surface area (Å²) in [4.78, 5) is 28.7. The van der Waals surface area contributed by atoms with Crippen LogP contribution >= 0.6 is 23.2 Å². The lowest BCUT2D eigenvalue weighted by Crippen LogP contribution is -2.52. The van der Waals surface area contributed by atoms with Crippen LogP contribution in [0.1, 0.15) is 44.2 Å². The van der Waals surface area contributed by atoms with Gasteiger partial charge in [-0.3, -0.25) is 13.9 Å². The highest BCUT2D eigenvalue weighted by Gasteiger charge is 2.34. The van der Waals surface area contributed by atoms with Crippen LogP contribution in [-0.4, -0.2) is 44.3 Å². The molecule has 0 heterocycles. The molecule has 40 heavy (non-hydrogen) atoms. The Hall–Kier alpha value is -3.07. The second-order valence-corrected chi connectivity index (χ2v) is 12.1. The lowest BCUT2D eigenvalue weighted by Gasteiger charge is -2.33. The number of hydrogen-bond donors (Lipinski definition) is 1. The molecule has 3 aromatic rings. The molecule has 0 saturated carbocycles. The summed E-state index contributed by atoms with van der Waals surface area (Å²) in [6, 6.07) is 19.3. The third-order valence-electron chi connectivity index (χ3n) is 6.50. The molecule has 7 nitrogen and oxygen atoms in total. The van der Waals surface area contributed by atoms with Crippen molar-refractivity contribution in [2.45, 2.75) is 57.5 Å². The summed E-state index contributed by atoms with van der Waals surface area (Å²) in [5.74, 6) is -0.830. The number of carbonyl (C=O) groups excluding carboxylic acids is 2. The maximum absolute atomic E-state index is 14.1. The number of nitrogens with one attached hydrogen (secondary N) is 1. The summed E-state index contributed by atoms with van der Waals surface area (Å²) >= 11 is 12.7. The fourth-order valence-corrected chi connectivity index (χ4v) is 6.13. The number of unbranched alkanes of at least 4 members (excludes halogenated alkanes) is 1. The molecule has 0 aliphatic carbocycles. The zero-order chi connectivity index (χ0) is 29.3. The van der Waals surface area contributed by atoms with Crippen molar-refractivity contribution >= 4 is 50.7 Å². The van der Waals surface area contributed by atoms with Gasteiger partial charge in [0.05, 0.1) is 20.6 Å². The fourth-order valence-electron chi connectivity index (χ4n) is 4.23. The largest absolute Gasteiger partial charge is 0.354 e. The third-order valence-corrected chi connectivity index (χ3v) is 9.08. The Bertz CT molecular complexity index is 1400. The predicted molar refractivity (Wildman–Crippen MR) is 161 cm³/mol. The molecule has 0 aromatic heterocycles. The molecule has 3 aromatic carbocycles. The van der Waals surface area contributed by atoms with Crippen LogP contribution in [0, 0.1) is 6.92 Å². The van der Waals surface area contributed by atoms with Gasteiger partial charge in [-0.05, 0) is 49.6 Å². The first-order valence-electron chi connectivity index (χ1n) is 13.2. The summed E-state index contributed by atoms with van der Waals surface area (Å²) in [5.41, 5.74) is 1.95. The molecule has 0 radical (unpaired) electrons. The number of nitrogens with zero attached hydrogens (tertiary/aromatic N) is 2. The van der Waals surface area contributed by atoms with Crippen molar-refractivity contribution in [1.29, 1.82) is 0 Å². The van der Waals surface area contributed by atoms with Crippen molar-refractivity contribution in [2.24, 2.45) is 0 Å². The SMILES string of the molecule is CCCCNC(=O)[C@@H](CC)N(Cc1ccc(C)cc1)C(=O)CN(c1cccc(Cl)c1Cl)S(=O)(=O)c1ccccc1. The van der Waals surface area contributed by atoms with Crippen LogP contribution in [0.15, 0.2) is 77.7 Å². The van der Waals surface area contributed by atoms with Crippen LogP contribution in [0.25, 0.3) is 0 Å². The van der Waals surface area contributed by atoms with Gasteiger partial charge in [0.1, 0.15) is 12.6 Å². The van der Waals surface area contributed by atoms with Crippen molar-refractivity contribution in [3.05, 3.63) is 94.0 Å². The molecule has 3 rings (SSSR count). The minimum absolute atomic E-state index is 0.00547. The van der Waals surface area contributed by atoms with Crippen molar-refractivity contribution < 1.29 is 18.0 Å². The number of sulfonamides is 1. The first-order chi connectivity index (χ1) is 19.1. The van der Waals surface area contributed by atoms with Crippen molar-refractivity contribution in [1.82, 2.24) is 10.2 Å². The molecule has 0 aliphatic rings. The first-order valence-corrected chi connectivity index (χ1v) is 15.4. The number of amides is 2. The van der Waals surface area contributed by atoms with Crippen molar-refractivity contribution in [3.8, 4) is 0 Å². The van der Waals surface area contributed by atoms with Gasteiger partial charge in [-0.2, -0.15) is 0 Å². The van der Waals surface area contributed by atoms with Gasteiger partial charge in [-0.25, -0.2) is 8.42 Å². The van der Waals surface area contributed by atoms with Crippen molar-refractivity contribution in [3.63, 3.8) is 0 Å². The standard InChI is InChI=1S/C30H35Cl2N3O4S/c1-4-6-19-33-30(37)26(5-2)34(20-23-17-15-22(3)16-18-23)28(36)21-35(27-14-10-13-25(31)29(27)32)40(38,39)24-11-8-7-9-12-24/h7-18,26H,4-6,19-21H2,1-3H3,(H,33,37)/t26-/m1/s1. The van der Waals surface area contributed by atoms with E-state index in [1.54, 1.807) is 30.3 Å². The Morgan fingerprint density at radius 2 is 1.60 bits per heavy atom. The predicted octanol–water partition coefficient (Wildman–Crippen LogP) is 6.22. The Morgan fingerprint density at radius 3 is 2.23 bits per heavy atom. The van der Waals surface area contributed by atoms with Gasteiger partial charge in [0.15, 0.2) is 0 Å². The molecule has 2 amide bonds. The molecule has 0 aliphatic heterocycles. The van der Waals surface area contributed by atoms with Gasteiger partial charge in [0, 0.05) is 13.1 Å². The minimum Gasteiger partial charge on any atom is -0.354 e. The summed E-state index contributed by atoms with van der Waals surface area (Å²) in [6.07, 6.45) is 2.07. The first kappa shape index (κ1) is 31.5. The molecule has 10 heteroatoms. The molecule has 0 bridgehead atoms. The molecular weight excluding hydrogens is 569 g/mol. The number of rotatable bonds is 13. The maximum Gasteiger partial charge on any atom is 0.264 e. The second kappa shape index (κ2) is 14.5. The average molecular weight is 605 g/mol. The summed E-state index contributed by atoms with van der Waals surface area (Å²) in [6.45, 7) is 5.85. The molecule has 0 spiro atoms. The zero-order valence-electron chi connectivity index (χ0n) is 22.9. The molecule has 0 unspecified atom stereocenters. The van der Waals surface area contributed by atoms with Crippen LogP contribution in [0.2, 0.25) is 10.0 Å². The molecule has 1 atom stereocenters. The zero-order valence-corrected chi connectivity index (χ0v) is 25.3. The van der Waals surface area contributed by atoms with E-state index in [1.807, 2.05) is 45.0 Å². The van der Waals surface area contributed by atoms with E-state index in [9.17, 15) is 18.0 Å². The molecule has 0 fully saturated rings. The van der Waals surface area contributed by atoms with E-state index in [0.29, 0.717) is 13.0 Å². The molecule has 214 valence electrons. The van der Waals surface area contributed by atoms with E-state index in [-0.39, 0.29) is 33.1 Å². The highest BCUT2D eigenvalue weighted by molar-refractivity contribution is 7.92. The Labute approximate surface area is 247 Å². The van der Waals surface area contributed by atoms with Gasteiger partial charge in [0.2, 0.25) is 11.8 Å². The van der Waals surface area contributed by atoms with E-state index in [4.69, 9.17) is 23.2 Å². The lowest BCUT2D eigenvalue weighted by molar-refractivity contribution is -0.140. The van der Waals surface area contributed by atoms with E-state index in [2.05, 4.69) is 5.32 Å². The molecule has 0 saturated heterocycles. The van der Waals surface area contributed by atoms with Crippen LogP contribution in [-0.2, 0) is 26.2 Å². The van der Waals surface area contributed by atoms with Gasteiger partial charge < -0.3 is 10.2 Å². The van der Waals surface area contributed by atoms with Gasteiger partial charge in [-0.1, -0.05) is 97.6 Å². The summed E-state index contributed by atoms with van der Waals surface area (Å²) in [7, 11) is -4.23. The van der Waals surface area contributed by atoms with Crippen LogP contribution in [0.5, 0.6) is 0 Å². The van der Waals surface area contributed by atoms with Crippen LogP contribution in [0.3, 0.4) is 0 Å². The lowest BCUT2D eigenvalue weighted by atomic mass is 10.1. The third kappa shape index (κ3) is 7.77. The highest BCUT2D eigenvalue weighted by Crippen LogP contribution is 2.35. The normalized spacial score (nSPS) is 12.0. The maximum atomic E-state index is 14.1. The smallest absolute Gasteiger partial charge is 0.264 e. The monoisotopic (exact) mass is 603 g/mol. The van der Waals surface area contributed by atoms with E-state index in [0.717, 1.165) is 28.3 Å². The Balaban J connectivity index is 2.06. The topological polar surface area (TPSA) is 86.8 Å². The van der Waals surface area contributed by atoms with E-state index >= 15 is 0 Å². The quantitative estimate of drug-likeness (QED) is 0.235. The number of anilines is 1. The number of halogens is 2. The van der Waals surface area contributed by atoms with E-state index in [1.165, 1.54) is 23.1 Å². The average Bonchev–Trinajstić information content (AvgIpc) is 2.95. The van der Waals surface area contributed by atoms with Gasteiger partial charge in [-0.15, -0.1) is 0 Å². The number of aryl methyl sites for hydroxylation is 1. The van der Waals surface area contributed by atoms with Gasteiger partial charge in [0.25, 0.3) is 10.0 Å². The number of benzene rings is 3. The second-order valence-electron chi connectivity index (χ2n) is 9.47. The number of hydrogen-bond acceptors (Lipinski definition) is 4. The number of carbonyl (C=O) groups is 2. The van der Waals surface area contributed by atoms with E-state index < -0.39 is 28.5 Å². The van der Waals surface area contributed by atoms with Gasteiger partial charge >= 0.3 is 0 Å². The highest BCUT2D eigenvalue weighted by atomic mass is 35.5. The summed E-state index contributed by atoms with van der Waals surface area (Å²) < 4.78 is 28.7. The van der Waals surface area contributed by atoms with Crippen molar-refractivity contribution in [2.75, 3.05) is 17.4 Å². The van der Waals surface area contributed by atoms with Crippen LogP contribution < -0.4 is 9.62 Å². The summed E-state index contributed by atoms with van der Waals surface area (Å²) in [5, 5.41) is 3.08. The fraction of sp³-hybridized carbons (Fsp3) is 0.333. The minimum atomic E-state index is -4.23.